The number of aromatic nitrogens is 1. The van der Waals surface area contributed by atoms with Crippen molar-refractivity contribution in [1.82, 2.24) is 21.1 Å². The van der Waals surface area contributed by atoms with E-state index in [9.17, 15) is 14.4 Å². The van der Waals surface area contributed by atoms with E-state index < -0.39 is 17.1 Å². The number of para-hydroxylation sites is 1. The number of carbonyl (C=O) groups excluding carboxylic acids is 3. The van der Waals surface area contributed by atoms with Gasteiger partial charge in [0.2, 0.25) is 5.91 Å². The van der Waals surface area contributed by atoms with Crippen molar-refractivity contribution in [2.75, 3.05) is 19.7 Å². The summed E-state index contributed by atoms with van der Waals surface area (Å²) >= 11 is 1.34. The summed E-state index contributed by atoms with van der Waals surface area (Å²) in [5.41, 5.74) is 2.68. The summed E-state index contributed by atoms with van der Waals surface area (Å²) in [6.07, 6.45) is 1.78. The van der Waals surface area contributed by atoms with Crippen LogP contribution in [0.4, 0.5) is 0 Å². The number of nitrogens with one attached hydrogen (secondary N) is 3. The molecule has 38 heavy (non-hydrogen) atoms. The van der Waals surface area contributed by atoms with E-state index >= 15 is 0 Å². The summed E-state index contributed by atoms with van der Waals surface area (Å²) in [6.45, 7) is 2.29. The molecule has 2 aromatic carbocycles. The number of nitrogens with zero attached hydrogens (tertiary/aromatic N) is 1. The molecule has 0 saturated carbocycles. The fourth-order valence-corrected chi connectivity index (χ4v) is 4.54. The van der Waals surface area contributed by atoms with Crippen molar-refractivity contribution in [2.24, 2.45) is 0 Å². The third-order valence-electron chi connectivity index (χ3n) is 5.45. The zero-order valence-corrected chi connectivity index (χ0v) is 21.8. The average Bonchev–Trinajstić information content (AvgIpc) is 2.95. The van der Waals surface area contributed by atoms with Crippen LogP contribution in [0, 0.1) is 11.8 Å². The van der Waals surface area contributed by atoms with Crippen LogP contribution in [0.5, 0.6) is 5.75 Å². The highest BCUT2D eigenvalue weighted by Gasteiger charge is 2.19. The number of thioether (sulfide) groups is 1. The van der Waals surface area contributed by atoms with Gasteiger partial charge in [-0.25, -0.2) is 10.5 Å². The monoisotopic (exact) mass is 534 g/mol. The molecule has 1 heterocycles. The Balaban J connectivity index is 1.36. The number of pyridine rings is 1. The van der Waals surface area contributed by atoms with Crippen molar-refractivity contribution >= 4 is 40.4 Å². The zero-order valence-electron chi connectivity index (χ0n) is 21.0. The lowest BCUT2D eigenvalue weighted by Crippen LogP contribution is -2.37. The SMILES string of the molecule is CC#CCOc1ccc(SC(CCCCNC(=O)CNC(=O)c2ccc3ccccc3n2)C(=O)NO)cc1. The standard InChI is InChI=1S/C28H30N4O5S/c1-2-3-18-37-21-12-14-22(15-13-21)38-25(28(35)32-36)10-6-7-17-29-26(33)19-30-27(34)24-16-11-20-8-4-5-9-23(20)31-24/h4-5,8-9,11-16,25,36H,6-7,10,17-19H2,1H3,(H,29,33)(H,30,34)(H,32,35). The summed E-state index contributed by atoms with van der Waals surface area (Å²) in [4.78, 5) is 41.8. The van der Waals surface area contributed by atoms with Gasteiger partial charge >= 0.3 is 0 Å². The number of amides is 3. The molecule has 0 spiro atoms. The van der Waals surface area contributed by atoms with Gasteiger partial charge in [-0.05, 0) is 56.2 Å². The molecule has 1 aromatic heterocycles. The van der Waals surface area contributed by atoms with Crippen molar-refractivity contribution in [3.8, 4) is 17.6 Å². The number of carbonyl (C=O) groups is 3. The van der Waals surface area contributed by atoms with E-state index in [2.05, 4.69) is 27.5 Å². The summed E-state index contributed by atoms with van der Waals surface area (Å²) in [6, 6.07) is 18.2. The molecule has 1 unspecified atom stereocenters. The first kappa shape index (κ1) is 28.5. The van der Waals surface area contributed by atoms with Crippen LogP contribution in [0.15, 0.2) is 65.6 Å². The molecular weight excluding hydrogens is 504 g/mol. The van der Waals surface area contributed by atoms with E-state index in [-0.39, 0.29) is 18.1 Å². The molecule has 0 aliphatic rings. The van der Waals surface area contributed by atoms with E-state index in [0.29, 0.717) is 43.7 Å². The molecule has 198 valence electrons. The highest BCUT2D eigenvalue weighted by Crippen LogP contribution is 2.28. The van der Waals surface area contributed by atoms with Crippen molar-refractivity contribution in [3.05, 3.63) is 66.4 Å². The first-order valence-electron chi connectivity index (χ1n) is 12.1. The number of rotatable bonds is 13. The summed E-state index contributed by atoms with van der Waals surface area (Å²) in [7, 11) is 0. The number of unbranched alkanes of at least 4 members (excludes halogenated alkanes) is 1. The molecule has 0 radical (unpaired) electrons. The van der Waals surface area contributed by atoms with Crippen LogP contribution in [0.1, 0.15) is 36.7 Å². The molecule has 3 aromatic rings. The fraction of sp³-hybridized carbons (Fsp3) is 0.286. The Bertz CT molecular complexity index is 1300. The van der Waals surface area contributed by atoms with E-state index in [1.165, 1.54) is 11.8 Å². The second kappa shape index (κ2) is 15.2. The Morgan fingerprint density at radius 2 is 1.82 bits per heavy atom. The molecule has 4 N–H and O–H groups in total. The molecule has 0 bridgehead atoms. The maximum atomic E-state index is 12.3. The molecule has 3 amide bonds. The van der Waals surface area contributed by atoms with Gasteiger partial charge in [0.15, 0.2) is 0 Å². The van der Waals surface area contributed by atoms with Crippen LogP contribution in [0.3, 0.4) is 0 Å². The van der Waals surface area contributed by atoms with Gasteiger partial charge in [0.25, 0.3) is 11.8 Å². The van der Waals surface area contributed by atoms with Crippen LogP contribution in [-0.2, 0) is 9.59 Å². The third kappa shape index (κ3) is 9.10. The molecular formula is C28H30N4O5S. The topological polar surface area (TPSA) is 130 Å². The third-order valence-corrected chi connectivity index (χ3v) is 6.73. The van der Waals surface area contributed by atoms with Crippen LogP contribution >= 0.6 is 11.8 Å². The summed E-state index contributed by atoms with van der Waals surface area (Å²) < 4.78 is 5.49. The molecule has 0 saturated heterocycles. The maximum absolute atomic E-state index is 12.3. The number of fused-ring (bicyclic) bond motifs is 1. The van der Waals surface area contributed by atoms with Gasteiger partial charge < -0.3 is 15.4 Å². The highest BCUT2D eigenvalue weighted by atomic mass is 32.2. The molecule has 0 aliphatic heterocycles. The van der Waals surface area contributed by atoms with Crippen LogP contribution in [0.25, 0.3) is 10.9 Å². The average molecular weight is 535 g/mol. The van der Waals surface area contributed by atoms with Crippen LogP contribution < -0.4 is 20.9 Å². The van der Waals surface area contributed by atoms with Crippen molar-refractivity contribution in [2.45, 2.75) is 36.3 Å². The Morgan fingerprint density at radius 1 is 1.03 bits per heavy atom. The van der Waals surface area contributed by atoms with Gasteiger partial charge in [0.05, 0.1) is 17.3 Å². The summed E-state index contributed by atoms with van der Waals surface area (Å²) in [5.74, 6) is 5.05. The minimum absolute atomic E-state index is 0.163. The highest BCUT2D eigenvalue weighted by molar-refractivity contribution is 8.00. The number of hydroxylamine groups is 1. The van der Waals surface area contributed by atoms with E-state index in [0.717, 1.165) is 10.3 Å². The molecule has 0 aliphatic carbocycles. The van der Waals surface area contributed by atoms with Crippen LogP contribution in [-0.4, -0.2) is 52.9 Å². The Kier molecular flexibility index (Phi) is 11.4. The van der Waals surface area contributed by atoms with E-state index in [4.69, 9.17) is 9.94 Å². The number of hydrogen-bond donors (Lipinski definition) is 4. The quantitative estimate of drug-likeness (QED) is 0.0870. The van der Waals surface area contributed by atoms with Gasteiger partial charge in [0, 0.05) is 16.8 Å². The summed E-state index contributed by atoms with van der Waals surface area (Å²) in [5, 5.41) is 14.9. The van der Waals surface area contributed by atoms with Crippen molar-refractivity contribution < 1.29 is 24.3 Å². The number of hydrogen-bond acceptors (Lipinski definition) is 7. The lowest BCUT2D eigenvalue weighted by atomic mass is 10.2. The van der Waals surface area contributed by atoms with Crippen molar-refractivity contribution in [3.63, 3.8) is 0 Å². The normalized spacial score (nSPS) is 11.1. The first-order chi connectivity index (χ1) is 18.5. The Hall–Kier alpha value is -4.07. The number of benzene rings is 2. The van der Waals surface area contributed by atoms with Gasteiger partial charge in [-0.1, -0.05) is 36.6 Å². The Morgan fingerprint density at radius 3 is 2.58 bits per heavy atom. The first-order valence-corrected chi connectivity index (χ1v) is 13.0. The van der Waals surface area contributed by atoms with Crippen LogP contribution in [0.2, 0.25) is 0 Å². The van der Waals surface area contributed by atoms with Gasteiger partial charge in [-0.3, -0.25) is 19.6 Å². The minimum Gasteiger partial charge on any atom is -0.481 e. The van der Waals surface area contributed by atoms with Crippen molar-refractivity contribution in [1.29, 1.82) is 0 Å². The van der Waals surface area contributed by atoms with Gasteiger partial charge in [-0.15, -0.1) is 17.7 Å². The molecule has 1 atom stereocenters. The lowest BCUT2D eigenvalue weighted by Gasteiger charge is -2.15. The van der Waals surface area contributed by atoms with E-state index in [1.54, 1.807) is 30.6 Å². The molecule has 10 heteroatoms. The Labute approximate surface area is 225 Å². The molecule has 0 fully saturated rings. The zero-order chi connectivity index (χ0) is 27.2. The predicted octanol–water partition coefficient (Wildman–Crippen LogP) is 3.32. The van der Waals surface area contributed by atoms with E-state index in [1.807, 2.05) is 42.5 Å². The minimum atomic E-state index is -0.498. The molecule has 3 rings (SSSR count). The van der Waals surface area contributed by atoms with Gasteiger partial charge in [0.1, 0.15) is 18.1 Å². The number of ether oxygens (including phenoxy) is 1. The largest absolute Gasteiger partial charge is 0.481 e. The maximum Gasteiger partial charge on any atom is 0.270 e. The fourth-order valence-electron chi connectivity index (χ4n) is 3.47. The lowest BCUT2D eigenvalue weighted by molar-refractivity contribution is -0.128. The van der Waals surface area contributed by atoms with Gasteiger partial charge in [-0.2, -0.15) is 0 Å². The smallest absolute Gasteiger partial charge is 0.270 e. The second-order valence-corrected chi connectivity index (χ2v) is 9.46. The predicted molar refractivity (Wildman–Crippen MR) is 146 cm³/mol. The molecule has 9 nitrogen and oxygen atoms in total. The second-order valence-electron chi connectivity index (χ2n) is 8.19.